The monoisotopic (exact) mass is 291 g/mol. The Hall–Kier alpha value is -1.51. The van der Waals surface area contributed by atoms with E-state index in [9.17, 15) is 4.79 Å². The third-order valence-electron chi connectivity index (χ3n) is 3.27. The van der Waals surface area contributed by atoms with Crippen molar-refractivity contribution in [2.75, 3.05) is 20.2 Å². The molecular weight excluding hydrogens is 262 g/mol. The second-order valence-corrected chi connectivity index (χ2v) is 6.85. The highest BCUT2D eigenvalue weighted by molar-refractivity contribution is 5.46. The maximum Gasteiger partial charge on any atom is 0.209 e. The van der Waals surface area contributed by atoms with Gasteiger partial charge in [-0.25, -0.2) is 0 Å². The predicted molar refractivity (Wildman–Crippen MR) is 87.6 cm³/mol. The van der Waals surface area contributed by atoms with Crippen LogP contribution in [-0.2, 0) is 11.2 Å². The number of nitrogens with zero attached hydrogens (tertiary/aromatic N) is 1. The molecule has 0 saturated heterocycles. The van der Waals surface area contributed by atoms with E-state index in [0.717, 1.165) is 51.0 Å². The van der Waals surface area contributed by atoms with E-state index in [1.807, 2.05) is 13.1 Å². The highest BCUT2D eigenvalue weighted by atomic mass is 16.5. The summed E-state index contributed by atoms with van der Waals surface area (Å²) in [6, 6.07) is 8.30. The summed E-state index contributed by atoms with van der Waals surface area (Å²) in [5, 5.41) is 0. The molecule has 0 heterocycles. The second kappa shape index (κ2) is 8.71. The first-order valence-electron chi connectivity index (χ1n) is 7.78. The molecule has 0 fully saturated rings. The normalized spacial score (nSPS) is 11.2. The van der Waals surface area contributed by atoms with Crippen molar-refractivity contribution >= 4 is 6.41 Å². The van der Waals surface area contributed by atoms with E-state index in [2.05, 4.69) is 39.0 Å². The van der Waals surface area contributed by atoms with Gasteiger partial charge in [0.1, 0.15) is 5.75 Å². The van der Waals surface area contributed by atoms with Crippen LogP contribution in [0, 0.1) is 5.41 Å². The lowest BCUT2D eigenvalue weighted by atomic mass is 9.98. The van der Waals surface area contributed by atoms with Gasteiger partial charge in [-0.3, -0.25) is 4.79 Å². The fourth-order valence-corrected chi connectivity index (χ4v) is 2.05. The Balaban J connectivity index is 2.39. The molecule has 1 aromatic carbocycles. The van der Waals surface area contributed by atoms with Gasteiger partial charge in [0.25, 0.3) is 0 Å². The van der Waals surface area contributed by atoms with Gasteiger partial charge in [-0.1, -0.05) is 45.4 Å². The molecule has 1 amide bonds. The lowest BCUT2D eigenvalue weighted by molar-refractivity contribution is -0.117. The number of hydrogen-bond donors (Lipinski definition) is 0. The molecule has 0 bridgehead atoms. The van der Waals surface area contributed by atoms with Crippen molar-refractivity contribution < 1.29 is 9.53 Å². The molecule has 3 heteroatoms. The Kier molecular flexibility index (Phi) is 7.27. The third kappa shape index (κ3) is 7.74. The van der Waals surface area contributed by atoms with Crippen LogP contribution in [0.3, 0.4) is 0 Å². The number of para-hydroxylation sites is 1. The summed E-state index contributed by atoms with van der Waals surface area (Å²) in [7, 11) is 1.82. The van der Waals surface area contributed by atoms with E-state index in [4.69, 9.17) is 4.74 Å². The van der Waals surface area contributed by atoms with Crippen LogP contribution < -0.4 is 4.74 Å². The SMILES string of the molecule is CN(C=O)CCCCCc1ccccc1OCC(C)(C)C. The predicted octanol–water partition coefficient (Wildman–Crippen LogP) is 3.91. The topological polar surface area (TPSA) is 29.5 Å². The molecule has 0 unspecified atom stereocenters. The summed E-state index contributed by atoms with van der Waals surface area (Å²) in [4.78, 5) is 12.2. The van der Waals surface area contributed by atoms with Crippen LogP contribution in [0.1, 0.15) is 45.6 Å². The van der Waals surface area contributed by atoms with Gasteiger partial charge < -0.3 is 9.64 Å². The van der Waals surface area contributed by atoms with Crippen LogP contribution in [0.5, 0.6) is 5.75 Å². The number of hydrogen-bond acceptors (Lipinski definition) is 2. The lowest BCUT2D eigenvalue weighted by Gasteiger charge is -2.20. The molecule has 0 N–H and O–H groups in total. The van der Waals surface area contributed by atoms with Crippen LogP contribution in [0.2, 0.25) is 0 Å². The summed E-state index contributed by atoms with van der Waals surface area (Å²) in [5.41, 5.74) is 1.46. The maximum atomic E-state index is 10.5. The van der Waals surface area contributed by atoms with Crippen molar-refractivity contribution in [3.63, 3.8) is 0 Å². The molecule has 0 radical (unpaired) electrons. The molecule has 0 aliphatic carbocycles. The molecular formula is C18H29NO2. The maximum absolute atomic E-state index is 10.5. The van der Waals surface area contributed by atoms with E-state index >= 15 is 0 Å². The molecule has 0 saturated carbocycles. The minimum Gasteiger partial charge on any atom is -0.493 e. The number of carbonyl (C=O) groups excluding carboxylic acids is 1. The van der Waals surface area contributed by atoms with Crippen LogP contribution in [0.25, 0.3) is 0 Å². The van der Waals surface area contributed by atoms with E-state index in [0.29, 0.717) is 0 Å². The van der Waals surface area contributed by atoms with Gasteiger partial charge >= 0.3 is 0 Å². The summed E-state index contributed by atoms with van der Waals surface area (Å²) >= 11 is 0. The van der Waals surface area contributed by atoms with E-state index in [1.165, 1.54) is 5.56 Å². The Morgan fingerprint density at radius 2 is 1.86 bits per heavy atom. The van der Waals surface area contributed by atoms with Crippen molar-refractivity contribution in [1.82, 2.24) is 4.90 Å². The molecule has 0 spiro atoms. The number of carbonyl (C=O) groups is 1. The standard InChI is InChI=1S/C18H29NO2/c1-18(2,3)14-21-17-12-8-7-11-16(17)10-6-5-9-13-19(4)15-20/h7-8,11-12,15H,5-6,9-10,13-14H2,1-4H3. The number of aryl methyl sites for hydroxylation is 1. The van der Waals surface area contributed by atoms with Gasteiger partial charge in [-0.15, -0.1) is 0 Å². The number of amides is 1. The first-order valence-corrected chi connectivity index (χ1v) is 7.78. The third-order valence-corrected chi connectivity index (χ3v) is 3.27. The number of unbranched alkanes of at least 4 members (excludes halogenated alkanes) is 2. The van der Waals surface area contributed by atoms with Crippen molar-refractivity contribution in [3.05, 3.63) is 29.8 Å². The molecule has 0 atom stereocenters. The van der Waals surface area contributed by atoms with Gasteiger partial charge in [-0.05, 0) is 36.3 Å². The van der Waals surface area contributed by atoms with Gasteiger partial charge in [0.15, 0.2) is 0 Å². The Morgan fingerprint density at radius 3 is 2.52 bits per heavy atom. The lowest BCUT2D eigenvalue weighted by Crippen LogP contribution is -2.17. The van der Waals surface area contributed by atoms with Crippen molar-refractivity contribution in [3.8, 4) is 5.75 Å². The van der Waals surface area contributed by atoms with Gasteiger partial charge in [0.05, 0.1) is 6.61 Å². The van der Waals surface area contributed by atoms with Crippen LogP contribution in [0.15, 0.2) is 24.3 Å². The Morgan fingerprint density at radius 1 is 1.14 bits per heavy atom. The smallest absolute Gasteiger partial charge is 0.209 e. The minimum atomic E-state index is 0.173. The molecule has 1 aromatic rings. The van der Waals surface area contributed by atoms with E-state index < -0.39 is 0 Å². The molecule has 3 nitrogen and oxygen atoms in total. The van der Waals surface area contributed by atoms with Crippen LogP contribution in [0.4, 0.5) is 0 Å². The van der Waals surface area contributed by atoms with Crippen LogP contribution in [-0.4, -0.2) is 31.5 Å². The summed E-state index contributed by atoms with van der Waals surface area (Å²) in [6.45, 7) is 8.11. The van der Waals surface area contributed by atoms with Crippen LogP contribution >= 0.6 is 0 Å². The fraction of sp³-hybridized carbons (Fsp3) is 0.611. The molecule has 21 heavy (non-hydrogen) atoms. The summed E-state index contributed by atoms with van der Waals surface area (Å²) in [5.74, 6) is 1.01. The first kappa shape index (κ1) is 17.5. The Bertz CT molecular complexity index is 423. The number of ether oxygens (including phenoxy) is 1. The summed E-state index contributed by atoms with van der Waals surface area (Å²) < 4.78 is 5.96. The van der Waals surface area contributed by atoms with Gasteiger partial charge in [0, 0.05) is 13.6 Å². The molecule has 0 aromatic heterocycles. The average Bonchev–Trinajstić information content (AvgIpc) is 2.44. The molecule has 0 aliphatic heterocycles. The molecule has 1 rings (SSSR count). The van der Waals surface area contributed by atoms with Gasteiger partial charge in [-0.2, -0.15) is 0 Å². The number of benzene rings is 1. The minimum absolute atomic E-state index is 0.173. The highest BCUT2D eigenvalue weighted by Gasteiger charge is 2.12. The summed E-state index contributed by atoms with van der Waals surface area (Å²) in [6.07, 6.45) is 5.23. The van der Waals surface area contributed by atoms with E-state index in [1.54, 1.807) is 4.90 Å². The zero-order valence-electron chi connectivity index (χ0n) is 13.9. The molecule has 0 aliphatic rings. The number of rotatable bonds is 9. The quantitative estimate of drug-likeness (QED) is 0.510. The molecule has 118 valence electrons. The zero-order valence-corrected chi connectivity index (χ0v) is 13.9. The van der Waals surface area contributed by atoms with Crippen molar-refractivity contribution in [1.29, 1.82) is 0 Å². The first-order chi connectivity index (χ1) is 9.92. The van der Waals surface area contributed by atoms with Crippen molar-refractivity contribution in [2.45, 2.75) is 46.5 Å². The Labute approximate surface area is 129 Å². The second-order valence-electron chi connectivity index (χ2n) is 6.85. The van der Waals surface area contributed by atoms with Gasteiger partial charge in [0.2, 0.25) is 6.41 Å². The average molecular weight is 291 g/mol. The van der Waals surface area contributed by atoms with E-state index in [-0.39, 0.29) is 5.41 Å². The zero-order chi connectivity index (χ0) is 15.7. The highest BCUT2D eigenvalue weighted by Crippen LogP contribution is 2.23. The largest absolute Gasteiger partial charge is 0.493 e. The van der Waals surface area contributed by atoms with Crippen molar-refractivity contribution in [2.24, 2.45) is 5.41 Å². The fourth-order valence-electron chi connectivity index (χ4n) is 2.05.